The molecule has 0 bridgehead atoms. The van der Waals surface area contributed by atoms with Crippen LogP contribution in [0.5, 0.6) is 0 Å². The molecule has 0 radical (unpaired) electrons. The topological polar surface area (TPSA) is 83.5 Å². The van der Waals surface area contributed by atoms with Gasteiger partial charge in [-0.25, -0.2) is 13.2 Å². The summed E-state index contributed by atoms with van der Waals surface area (Å²) in [4.78, 5) is 11.5. The molecule has 138 valence electrons. The highest BCUT2D eigenvalue weighted by Gasteiger charge is 2.14. The van der Waals surface area contributed by atoms with E-state index in [1.54, 1.807) is 72.8 Å². The minimum atomic E-state index is -3.65. The summed E-state index contributed by atoms with van der Waals surface area (Å²) in [5.74, 6) is -0.965. The first kappa shape index (κ1) is 18.7. The number of nitrogens with one attached hydrogen (secondary N) is 1. The fraction of sp³-hybridized carbons (Fsp3) is 0.0952. The summed E-state index contributed by atoms with van der Waals surface area (Å²) in [5, 5.41) is 9.26. The second-order valence-electron chi connectivity index (χ2n) is 6.25. The van der Waals surface area contributed by atoms with Crippen LogP contribution in [-0.2, 0) is 16.4 Å². The van der Waals surface area contributed by atoms with Crippen LogP contribution in [0.15, 0.2) is 77.7 Å². The van der Waals surface area contributed by atoms with Crippen LogP contribution in [0.4, 0.5) is 5.69 Å². The largest absolute Gasteiger partial charge is 0.478 e. The molecule has 2 N–H and O–H groups in total. The van der Waals surface area contributed by atoms with E-state index in [-0.39, 0.29) is 10.5 Å². The normalized spacial score (nSPS) is 11.1. The molecule has 0 aliphatic carbocycles. The van der Waals surface area contributed by atoms with Crippen molar-refractivity contribution in [3.63, 3.8) is 0 Å². The highest BCUT2D eigenvalue weighted by Crippen LogP contribution is 2.19. The fourth-order valence-electron chi connectivity index (χ4n) is 2.73. The van der Waals surface area contributed by atoms with E-state index in [9.17, 15) is 18.3 Å². The van der Waals surface area contributed by atoms with Crippen molar-refractivity contribution in [2.24, 2.45) is 0 Å². The molecule has 0 unspecified atom stereocenters. The van der Waals surface area contributed by atoms with Gasteiger partial charge < -0.3 is 5.11 Å². The van der Waals surface area contributed by atoms with Crippen molar-refractivity contribution in [1.82, 2.24) is 0 Å². The maximum absolute atomic E-state index is 12.4. The van der Waals surface area contributed by atoms with Crippen LogP contribution in [0, 0.1) is 6.92 Å². The van der Waals surface area contributed by atoms with Crippen molar-refractivity contribution < 1.29 is 18.3 Å². The summed E-state index contributed by atoms with van der Waals surface area (Å²) in [7, 11) is -3.65. The third kappa shape index (κ3) is 4.54. The average molecular weight is 381 g/mol. The highest BCUT2D eigenvalue weighted by molar-refractivity contribution is 7.92. The smallest absolute Gasteiger partial charge is 0.335 e. The number of hydrogen-bond donors (Lipinski definition) is 2. The Bertz CT molecular complexity index is 1060. The standard InChI is InChI=1S/C21H19NO4S/c1-15-6-12-19(13-7-15)27(25,26)22-18-10-8-16(9-11-18)14-17-4-2-3-5-20(17)21(23)24/h2-13,22H,14H2,1H3,(H,23,24). The van der Waals surface area contributed by atoms with Gasteiger partial charge in [0.1, 0.15) is 0 Å². The molecule has 0 fully saturated rings. The van der Waals surface area contributed by atoms with Gasteiger partial charge in [-0.3, -0.25) is 4.72 Å². The summed E-state index contributed by atoms with van der Waals surface area (Å²) in [6, 6.07) is 20.4. The number of carboxylic acid groups (broad SMARTS) is 1. The van der Waals surface area contributed by atoms with Gasteiger partial charge in [0.25, 0.3) is 10.0 Å². The minimum Gasteiger partial charge on any atom is -0.478 e. The van der Waals surface area contributed by atoms with Crippen molar-refractivity contribution in [3.05, 3.63) is 95.1 Å². The van der Waals surface area contributed by atoms with E-state index in [2.05, 4.69) is 4.72 Å². The van der Waals surface area contributed by atoms with Crippen molar-refractivity contribution in [1.29, 1.82) is 0 Å². The lowest BCUT2D eigenvalue weighted by atomic mass is 10.00. The SMILES string of the molecule is Cc1ccc(S(=O)(=O)Nc2ccc(Cc3ccccc3C(=O)O)cc2)cc1. The van der Waals surface area contributed by atoms with Gasteiger partial charge in [-0.2, -0.15) is 0 Å². The Morgan fingerprint density at radius 2 is 1.56 bits per heavy atom. The Hall–Kier alpha value is -3.12. The Balaban J connectivity index is 1.76. The predicted octanol–water partition coefficient (Wildman–Crippen LogP) is 4.08. The van der Waals surface area contributed by atoms with Crippen LogP contribution in [0.25, 0.3) is 0 Å². The number of hydrogen-bond acceptors (Lipinski definition) is 3. The van der Waals surface area contributed by atoms with Crippen molar-refractivity contribution >= 4 is 21.7 Å². The molecule has 0 heterocycles. The Labute approximate surface area is 158 Å². The molecule has 5 nitrogen and oxygen atoms in total. The van der Waals surface area contributed by atoms with Gasteiger partial charge in [0, 0.05) is 5.69 Å². The molecular weight excluding hydrogens is 362 g/mol. The predicted molar refractivity (Wildman–Crippen MR) is 105 cm³/mol. The Kier molecular flexibility index (Phi) is 5.28. The number of aryl methyl sites for hydroxylation is 1. The van der Waals surface area contributed by atoms with Gasteiger partial charge in [0.05, 0.1) is 10.5 Å². The van der Waals surface area contributed by atoms with E-state index in [1.165, 1.54) is 0 Å². The molecule has 0 aliphatic heterocycles. The molecule has 0 aliphatic rings. The van der Waals surface area contributed by atoms with Crippen molar-refractivity contribution in [3.8, 4) is 0 Å². The van der Waals surface area contributed by atoms with Gasteiger partial charge in [-0.05, 0) is 54.8 Å². The zero-order valence-electron chi connectivity index (χ0n) is 14.7. The van der Waals surface area contributed by atoms with Gasteiger partial charge >= 0.3 is 5.97 Å². The zero-order valence-corrected chi connectivity index (χ0v) is 15.5. The molecule has 0 saturated carbocycles. The third-order valence-electron chi connectivity index (χ3n) is 4.18. The van der Waals surface area contributed by atoms with Crippen molar-refractivity contribution in [2.45, 2.75) is 18.2 Å². The Morgan fingerprint density at radius 3 is 2.19 bits per heavy atom. The number of carboxylic acids is 1. The summed E-state index contributed by atoms with van der Waals surface area (Å²) >= 11 is 0. The molecule has 3 aromatic carbocycles. The minimum absolute atomic E-state index is 0.201. The van der Waals surface area contributed by atoms with E-state index >= 15 is 0 Å². The first-order valence-electron chi connectivity index (χ1n) is 8.35. The number of benzene rings is 3. The summed E-state index contributed by atoms with van der Waals surface area (Å²) in [6.45, 7) is 1.89. The molecule has 27 heavy (non-hydrogen) atoms. The number of aromatic carboxylic acids is 1. The van der Waals surface area contributed by atoms with E-state index < -0.39 is 16.0 Å². The van der Waals surface area contributed by atoms with Gasteiger partial charge in [0.15, 0.2) is 0 Å². The number of carbonyl (C=O) groups is 1. The quantitative estimate of drug-likeness (QED) is 0.674. The van der Waals surface area contributed by atoms with E-state index in [0.717, 1.165) is 11.1 Å². The van der Waals surface area contributed by atoms with E-state index in [0.29, 0.717) is 17.7 Å². The molecule has 0 amide bonds. The number of sulfonamides is 1. The molecule has 0 saturated heterocycles. The second kappa shape index (κ2) is 7.63. The molecule has 3 aromatic rings. The van der Waals surface area contributed by atoms with Crippen LogP contribution in [0.3, 0.4) is 0 Å². The number of rotatable bonds is 6. The lowest BCUT2D eigenvalue weighted by Gasteiger charge is -2.10. The lowest BCUT2D eigenvalue weighted by molar-refractivity contribution is 0.0696. The van der Waals surface area contributed by atoms with Crippen LogP contribution < -0.4 is 4.72 Å². The first-order valence-corrected chi connectivity index (χ1v) is 9.83. The fourth-order valence-corrected chi connectivity index (χ4v) is 3.78. The van der Waals surface area contributed by atoms with Crippen LogP contribution >= 0.6 is 0 Å². The average Bonchev–Trinajstić information content (AvgIpc) is 2.64. The second-order valence-corrected chi connectivity index (χ2v) is 7.94. The van der Waals surface area contributed by atoms with Gasteiger partial charge in [0.2, 0.25) is 0 Å². The van der Waals surface area contributed by atoms with Crippen molar-refractivity contribution in [2.75, 3.05) is 4.72 Å². The highest BCUT2D eigenvalue weighted by atomic mass is 32.2. The molecule has 0 spiro atoms. The Morgan fingerprint density at radius 1 is 0.926 bits per heavy atom. The molecule has 0 aromatic heterocycles. The molecular formula is C21H19NO4S. The molecule has 3 rings (SSSR count). The summed E-state index contributed by atoms with van der Waals surface area (Å²) in [6.07, 6.45) is 0.452. The summed E-state index contributed by atoms with van der Waals surface area (Å²) < 4.78 is 27.4. The summed E-state index contributed by atoms with van der Waals surface area (Å²) in [5.41, 5.74) is 3.30. The maximum atomic E-state index is 12.4. The van der Waals surface area contributed by atoms with E-state index in [4.69, 9.17) is 0 Å². The lowest BCUT2D eigenvalue weighted by Crippen LogP contribution is -2.12. The van der Waals surface area contributed by atoms with Crippen LogP contribution in [-0.4, -0.2) is 19.5 Å². The number of anilines is 1. The third-order valence-corrected chi connectivity index (χ3v) is 5.58. The molecule has 6 heteroatoms. The molecule has 0 atom stereocenters. The maximum Gasteiger partial charge on any atom is 0.335 e. The van der Waals surface area contributed by atoms with Crippen LogP contribution in [0.1, 0.15) is 27.0 Å². The first-order chi connectivity index (χ1) is 12.8. The van der Waals surface area contributed by atoms with E-state index in [1.807, 2.05) is 6.92 Å². The zero-order chi connectivity index (χ0) is 19.4. The van der Waals surface area contributed by atoms with Gasteiger partial charge in [-0.1, -0.05) is 48.0 Å². The van der Waals surface area contributed by atoms with Crippen LogP contribution in [0.2, 0.25) is 0 Å². The van der Waals surface area contributed by atoms with Gasteiger partial charge in [-0.15, -0.1) is 0 Å². The monoisotopic (exact) mass is 381 g/mol.